The zero-order valence-corrected chi connectivity index (χ0v) is 11.1. The Morgan fingerprint density at radius 1 is 1.25 bits per heavy atom. The molecule has 0 aliphatic rings. The molecule has 0 radical (unpaired) electrons. The minimum Gasteiger partial charge on any atom is -0.395 e. The maximum atomic E-state index is 11.2. The first-order valence-corrected chi connectivity index (χ1v) is 7.49. The van der Waals surface area contributed by atoms with E-state index in [0.717, 1.165) is 6.26 Å². The summed E-state index contributed by atoms with van der Waals surface area (Å²) < 4.78 is 22.4. The van der Waals surface area contributed by atoms with Crippen molar-refractivity contribution in [1.29, 1.82) is 0 Å². The summed E-state index contributed by atoms with van der Waals surface area (Å²) in [5, 5.41) is 18.1. The number of nitrogens with zero attached hydrogens (tertiary/aromatic N) is 1. The van der Waals surface area contributed by atoms with E-state index in [1.54, 1.807) is 4.90 Å². The standard InChI is InChI=1S/C10H23NO4S/c1-9(2)6-10(7-13)11(4-5-12)8-16(3,14)15/h9-10,12-13H,4-8H2,1-3H3. The van der Waals surface area contributed by atoms with Gasteiger partial charge in [-0.2, -0.15) is 0 Å². The van der Waals surface area contributed by atoms with Gasteiger partial charge in [0.05, 0.1) is 13.2 Å². The molecule has 1 unspecified atom stereocenters. The molecular formula is C10H23NO4S. The molecule has 16 heavy (non-hydrogen) atoms. The van der Waals surface area contributed by atoms with Crippen LogP contribution in [0.15, 0.2) is 0 Å². The predicted molar refractivity (Wildman–Crippen MR) is 63.8 cm³/mol. The van der Waals surface area contributed by atoms with E-state index in [4.69, 9.17) is 5.11 Å². The number of sulfone groups is 1. The van der Waals surface area contributed by atoms with Gasteiger partial charge in [0.2, 0.25) is 0 Å². The van der Waals surface area contributed by atoms with Gasteiger partial charge in [-0.25, -0.2) is 8.42 Å². The first kappa shape index (κ1) is 15.8. The Kier molecular flexibility index (Phi) is 7.14. The zero-order chi connectivity index (χ0) is 12.8. The molecule has 0 spiro atoms. The summed E-state index contributed by atoms with van der Waals surface area (Å²) in [6, 6.07) is -0.207. The summed E-state index contributed by atoms with van der Waals surface area (Å²) in [5.41, 5.74) is 0. The molecule has 98 valence electrons. The maximum Gasteiger partial charge on any atom is 0.160 e. The van der Waals surface area contributed by atoms with Gasteiger partial charge < -0.3 is 10.2 Å². The molecule has 0 heterocycles. The van der Waals surface area contributed by atoms with Crippen LogP contribution in [0.4, 0.5) is 0 Å². The molecule has 0 aromatic rings. The van der Waals surface area contributed by atoms with Crippen LogP contribution in [0.25, 0.3) is 0 Å². The van der Waals surface area contributed by atoms with Gasteiger partial charge in [0.15, 0.2) is 9.84 Å². The Bertz CT molecular complexity index is 277. The molecule has 0 rings (SSSR count). The van der Waals surface area contributed by atoms with E-state index in [2.05, 4.69) is 0 Å². The van der Waals surface area contributed by atoms with Crippen LogP contribution in [0.2, 0.25) is 0 Å². The van der Waals surface area contributed by atoms with Crippen molar-refractivity contribution >= 4 is 9.84 Å². The molecule has 0 aromatic carbocycles. The molecule has 1 atom stereocenters. The monoisotopic (exact) mass is 253 g/mol. The van der Waals surface area contributed by atoms with Crippen molar-refractivity contribution in [2.45, 2.75) is 26.3 Å². The molecule has 6 heteroatoms. The highest BCUT2D eigenvalue weighted by atomic mass is 32.2. The topological polar surface area (TPSA) is 77.8 Å². The lowest BCUT2D eigenvalue weighted by Crippen LogP contribution is -2.43. The smallest absolute Gasteiger partial charge is 0.160 e. The second-order valence-electron chi connectivity index (χ2n) is 4.56. The minimum atomic E-state index is -3.13. The van der Waals surface area contributed by atoms with Crippen molar-refractivity contribution in [1.82, 2.24) is 4.90 Å². The third-order valence-electron chi connectivity index (χ3n) is 2.26. The zero-order valence-electron chi connectivity index (χ0n) is 10.3. The van der Waals surface area contributed by atoms with Gasteiger partial charge in [0.25, 0.3) is 0 Å². The first-order valence-electron chi connectivity index (χ1n) is 5.43. The summed E-state index contributed by atoms with van der Waals surface area (Å²) in [6.07, 6.45) is 1.87. The van der Waals surface area contributed by atoms with Crippen LogP contribution in [-0.4, -0.2) is 61.5 Å². The first-order chi connectivity index (χ1) is 7.30. The fourth-order valence-electron chi connectivity index (χ4n) is 1.67. The quantitative estimate of drug-likeness (QED) is 0.620. The van der Waals surface area contributed by atoms with Gasteiger partial charge in [-0.3, -0.25) is 4.90 Å². The number of rotatable bonds is 8. The van der Waals surface area contributed by atoms with Gasteiger partial charge in [-0.15, -0.1) is 0 Å². The molecule has 0 saturated heterocycles. The molecule has 2 N–H and O–H groups in total. The number of aliphatic hydroxyl groups is 2. The van der Waals surface area contributed by atoms with Crippen molar-refractivity contribution in [2.24, 2.45) is 5.92 Å². The third-order valence-corrected chi connectivity index (χ3v) is 3.06. The molecule has 5 nitrogen and oxygen atoms in total. The number of hydrogen-bond donors (Lipinski definition) is 2. The Labute approximate surface area is 98.0 Å². The van der Waals surface area contributed by atoms with Gasteiger partial charge in [0, 0.05) is 18.8 Å². The Morgan fingerprint density at radius 2 is 1.81 bits per heavy atom. The van der Waals surface area contributed by atoms with E-state index in [1.165, 1.54) is 0 Å². The molecule has 0 saturated carbocycles. The molecule has 0 aliphatic carbocycles. The van der Waals surface area contributed by atoms with E-state index in [9.17, 15) is 13.5 Å². The van der Waals surface area contributed by atoms with Crippen LogP contribution in [-0.2, 0) is 9.84 Å². The largest absolute Gasteiger partial charge is 0.395 e. The van der Waals surface area contributed by atoms with Crippen molar-refractivity contribution in [2.75, 3.05) is 31.9 Å². The van der Waals surface area contributed by atoms with Crippen LogP contribution in [0, 0.1) is 5.92 Å². The fourth-order valence-corrected chi connectivity index (χ4v) is 2.61. The van der Waals surface area contributed by atoms with Crippen molar-refractivity contribution in [3.63, 3.8) is 0 Å². The van der Waals surface area contributed by atoms with Gasteiger partial charge in [-0.05, 0) is 12.3 Å². The average Bonchev–Trinajstić information content (AvgIpc) is 2.11. The molecule has 0 aromatic heterocycles. The maximum absolute atomic E-state index is 11.2. The second kappa shape index (κ2) is 7.21. The lowest BCUT2D eigenvalue weighted by atomic mass is 10.0. The third kappa shape index (κ3) is 7.16. The van der Waals surface area contributed by atoms with Gasteiger partial charge in [0.1, 0.15) is 5.88 Å². The molecule has 0 amide bonds. The van der Waals surface area contributed by atoms with Crippen LogP contribution in [0.5, 0.6) is 0 Å². The van der Waals surface area contributed by atoms with Crippen LogP contribution in [0.3, 0.4) is 0 Å². The van der Waals surface area contributed by atoms with E-state index in [0.29, 0.717) is 12.3 Å². The summed E-state index contributed by atoms with van der Waals surface area (Å²) in [7, 11) is -3.13. The predicted octanol–water partition coefficient (Wildman–Crippen LogP) is -0.310. The fraction of sp³-hybridized carbons (Fsp3) is 1.00. The van der Waals surface area contributed by atoms with Crippen molar-refractivity contribution in [3.05, 3.63) is 0 Å². The van der Waals surface area contributed by atoms with E-state index in [1.807, 2.05) is 13.8 Å². The molecule has 0 fully saturated rings. The Hall–Kier alpha value is -0.170. The lowest BCUT2D eigenvalue weighted by Gasteiger charge is -2.30. The van der Waals surface area contributed by atoms with Gasteiger partial charge in [-0.1, -0.05) is 13.8 Å². The SMILES string of the molecule is CC(C)CC(CO)N(CCO)CS(C)(=O)=O. The summed E-state index contributed by atoms with van der Waals surface area (Å²) >= 11 is 0. The summed E-state index contributed by atoms with van der Waals surface area (Å²) in [6.45, 7) is 4.10. The molecule has 0 aliphatic heterocycles. The highest BCUT2D eigenvalue weighted by molar-refractivity contribution is 7.90. The summed E-state index contributed by atoms with van der Waals surface area (Å²) in [4.78, 5) is 1.62. The minimum absolute atomic E-state index is 0.0896. The lowest BCUT2D eigenvalue weighted by molar-refractivity contribution is 0.103. The highest BCUT2D eigenvalue weighted by Crippen LogP contribution is 2.12. The highest BCUT2D eigenvalue weighted by Gasteiger charge is 2.21. The Morgan fingerprint density at radius 3 is 2.12 bits per heavy atom. The van der Waals surface area contributed by atoms with Crippen LogP contribution < -0.4 is 0 Å². The van der Waals surface area contributed by atoms with E-state index < -0.39 is 9.84 Å². The second-order valence-corrected chi connectivity index (χ2v) is 6.67. The average molecular weight is 253 g/mol. The summed E-state index contributed by atoms with van der Waals surface area (Å²) in [5.74, 6) is 0.254. The van der Waals surface area contributed by atoms with Crippen LogP contribution >= 0.6 is 0 Å². The van der Waals surface area contributed by atoms with Gasteiger partial charge >= 0.3 is 0 Å². The van der Waals surface area contributed by atoms with Crippen LogP contribution in [0.1, 0.15) is 20.3 Å². The van der Waals surface area contributed by atoms with E-state index >= 15 is 0 Å². The Balaban J connectivity index is 4.58. The number of aliphatic hydroxyl groups excluding tert-OH is 2. The normalized spacial score (nSPS) is 14.7. The van der Waals surface area contributed by atoms with E-state index in [-0.39, 0.29) is 31.7 Å². The van der Waals surface area contributed by atoms with Crippen molar-refractivity contribution in [3.8, 4) is 0 Å². The molecular weight excluding hydrogens is 230 g/mol. The van der Waals surface area contributed by atoms with Crippen molar-refractivity contribution < 1.29 is 18.6 Å². The number of hydrogen-bond acceptors (Lipinski definition) is 5. The molecule has 0 bridgehead atoms.